The van der Waals surface area contributed by atoms with Gasteiger partial charge in [0.2, 0.25) is 0 Å². The molecule has 0 spiro atoms. The first-order valence-corrected chi connectivity index (χ1v) is 26.5. The van der Waals surface area contributed by atoms with Gasteiger partial charge in [0.15, 0.2) is 25.2 Å². The monoisotopic (exact) mass is 1030 g/mol. The first-order chi connectivity index (χ1) is 33.5. The van der Waals surface area contributed by atoms with Crippen molar-refractivity contribution in [1.29, 1.82) is 0 Å². The molecule has 0 aromatic heterocycles. The largest absolute Gasteiger partial charge is 0.394 e. The SMILES string of the molecule is CC(C)(O)C1CCC2C1C(OC1OCC(O)C(OC3OCC(O)C(O)C3O)C1O)CC1(C)C2(C)CCC2C3(C)CCC(OC4OCC(O)C(O)C4OC4OC(CO)C(O)C(O)C4O)C(C)(C)C3C(O)CC21C. The molecule has 21 heteroatoms. The van der Waals surface area contributed by atoms with E-state index in [1.807, 2.05) is 13.8 Å². The van der Waals surface area contributed by atoms with E-state index in [9.17, 15) is 66.4 Å². The highest BCUT2D eigenvalue weighted by Crippen LogP contribution is 2.79. The first kappa shape index (κ1) is 55.9. The number of hydrogen-bond donors (Lipinski definition) is 13. The Balaban J connectivity index is 0.975. The Morgan fingerprint density at radius 1 is 0.542 bits per heavy atom. The van der Waals surface area contributed by atoms with E-state index in [1.54, 1.807) is 0 Å². The van der Waals surface area contributed by atoms with Gasteiger partial charge in [-0.25, -0.2) is 0 Å². The van der Waals surface area contributed by atoms with Gasteiger partial charge in [-0.3, -0.25) is 0 Å². The molecule has 72 heavy (non-hydrogen) atoms. The molecule has 9 aliphatic rings. The minimum Gasteiger partial charge on any atom is -0.394 e. The van der Waals surface area contributed by atoms with Gasteiger partial charge in [0.25, 0.3) is 0 Å². The smallest absolute Gasteiger partial charge is 0.187 e. The van der Waals surface area contributed by atoms with Crippen LogP contribution in [0.25, 0.3) is 0 Å². The van der Waals surface area contributed by atoms with Gasteiger partial charge in [0, 0.05) is 0 Å². The third kappa shape index (κ3) is 8.79. The summed E-state index contributed by atoms with van der Waals surface area (Å²) in [6.45, 7) is 15.5. The summed E-state index contributed by atoms with van der Waals surface area (Å²) >= 11 is 0. The lowest BCUT2D eigenvalue weighted by atomic mass is 9.29. The van der Waals surface area contributed by atoms with E-state index in [1.165, 1.54) is 0 Å². The Labute approximate surface area is 421 Å². The fourth-order valence-electron chi connectivity index (χ4n) is 17.3. The van der Waals surface area contributed by atoms with Crippen molar-refractivity contribution in [3.8, 4) is 0 Å². The topological polar surface area (TPSA) is 337 Å². The van der Waals surface area contributed by atoms with Crippen molar-refractivity contribution in [2.75, 3.05) is 26.4 Å². The summed E-state index contributed by atoms with van der Waals surface area (Å²) in [6, 6.07) is 0. The zero-order valence-corrected chi connectivity index (χ0v) is 43.0. The summed E-state index contributed by atoms with van der Waals surface area (Å²) in [5, 5.41) is 142. The van der Waals surface area contributed by atoms with Crippen LogP contribution < -0.4 is 0 Å². The standard InChI is InChI=1S/C51H86O21/c1-46(2)30(70-45-40(33(58)25(55)19-67-45)72-44-37(62)35(60)34(59)28(17-52)69-44)12-13-48(5)29-11-14-49(6)22-10-9-21(47(3,4)64)31(22)27(16-51(49,8)50(29,7)15-23(53)41(46)48)68-43-38(63)39(26(56)20-66-43)71-42-36(61)32(57)24(54)18-65-42/h21-45,52-64H,9-20H2,1-8H3. The molecular weight excluding hydrogens is 949 g/mol. The highest BCUT2D eigenvalue weighted by molar-refractivity contribution is 5.24. The Morgan fingerprint density at radius 2 is 1.14 bits per heavy atom. The maximum absolute atomic E-state index is 12.9. The second kappa shape index (κ2) is 19.8. The zero-order chi connectivity index (χ0) is 52.6. The molecule has 21 nitrogen and oxygen atoms in total. The van der Waals surface area contributed by atoms with Gasteiger partial charge in [0.05, 0.1) is 50.3 Å². The average Bonchev–Trinajstić information content (AvgIpc) is 3.78. The molecule has 0 amide bonds. The van der Waals surface area contributed by atoms with E-state index in [4.69, 9.17) is 37.9 Å². The van der Waals surface area contributed by atoms with E-state index in [0.29, 0.717) is 25.7 Å². The van der Waals surface area contributed by atoms with Gasteiger partial charge >= 0.3 is 0 Å². The predicted molar refractivity (Wildman–Crippen MR) is 247 cm³/mol. The van der Waals surface area contributed by atoms with Gasteiger partial charge in [-0.1, -0.05) is 41.5 Å². The lowest BCUT2D eigenvalue weighted by Crippen LogP contribution is -2.73. The molecule has 9 rings (SSSR count). The molecule has 13 N–H and O–H groups in total. The highest BCUT2D eigenvalue weighted by atomic mass is 16.8. The summed E-state index contributed by atoms with van der Waals surface area (Å²) in [5.41, 5.74) is -3.43. The van der Waals surface area contributed by atoms with Crippen LogP contribution in [0.5, 0.6) is 0 Å². The number of aliphatic hydroxyl groups is 13. The van der Waals surface area contributed by atoms with E-state index in [0.717, 1.165) is 25.7 Å². The van der Waals surface area contributed by atoms with Crippen molar-refractivity contribution < 1.29 is 104 Å². The van der Waals surface area contributed by atoms with E-state index < -0.39 is 157 Å². The second-order valence-electron chi connectivity index (χ2n) is 25.6. The number of fused-ring (bicyclic) bond motifs is 7. The van der Waals surface area contributed by atoms with Crippen LogP contribution in [0.15, 0.2) is 0 Å². The van der Waals surface area contributed by atoms with Crippen LogP contribution in [0.2, 0.25) is 0 Å². The first-order valence-electron chi connectivity index (χ1n) is 26.5. The van der Waals surface area contributed by atoms with Crippen LogP contribution in [0.4, 0.5) is 0 Å². The lowest BCUT2D eigenvalue weighted by Gasteiger charge is -2.76. The molecule has 29 unspecified atom stereocenters. The van der Waals surface area contributed by atoms with Crippen LogP contribution in [0.1, 0.15) is 107 Å². The third-order valence-electron chi connectivity index (χ3n) is 21.2. The normalized spacial score (nSPS) is 56.9. The maximum Gasteiger partial charge on any atom is 0.187 e. The molecule has 416 valence electrons. The zero-order valence-electron chi connectivity index (χ0n) is 43.0. The fraction of sp³-hybridized carbons (Fsp3) is 1.00. The van der Waals surface area contributed by atoms with Crippen LogP contribution >= 0.6 is 0 Å². The Morgan fingerprint density at radius 3 is 1.79 bits per heavy atom. The van der Waals surface area contributed by atoms with E-state index >= 15 is 0 Å². The molecule has 0 radical (unpaired) electrons. The van der Waals surface area contributed by atoms with Crippen LogP contribution in [0.3, 0.4) is 0 Å². The van der Waals surface area contributed by atoms with E-state index in [2.05, 4.69) is 41.5 Å². The van der Waals surface area contributed by atoms with Crippen LogP contribution in [0, 0.1) is 56.7 Å². The number of aliphatic hydroxyl groups excluding tert-OH is 12. The molecular formula is C51H86O21. The molecule has 4 heterocycles. The van der Waals surface area contributed by atoms with Gasteiger partial charge < -0.3 is 104 Å². The van der Waals surface area contributed by atoms with Gasteiger partial charge in [0.1, 0.15) is 79.4 Å². The predicted octanol–water partition coefficient (Wildman–Crippen LogP) is -1.62. The minimum absolute atomic E-state index is 0.0817. The van der Waals surface area contributed by atoms with Crippen LogP contribution in [-0.2, 0) is 37.9 Å². The average molecular weight is 1040 g/mol. The van der Waals surface area contributed by atoms with Crippen molar-refractivity contribution in [3.05, 3.63) is 0 Å². The van der Waals surface area contributed by atoms with Crippen molar-refractivity contribution >= 4 is 0 Å². The minimum atomic E-state index is -1.78. The summed E-state index contributed by atoms with van der Waals surface area (Å²) in [7, 11) is 0. The van der Waals surface area contributed by atoms with Gasteiger partial charge in [-0.2, -0.15) is 0 Å². The summed E-state index contributed by atoms with van der Waals surface area (Å²) < 4.78 is 48.8. The molecule has 0 aromatic carbocycles. The maximum atomic E-state index is 12.9. The summed E-state index contributed by atoms with van der Waals surface area (Å²) in [5.74, 6) is -0.419. The van der Waals surface area contributed by atoms with Gasteiger partial charge in [-0.05, 0) is 122 Å². The molecule has 0 bridgehead atoms. The van der Waals surface area contributed by atoms with E-state index in [-0.39, 0.29) is 54.8 Å². The molecule has 4 aliphatic heterocycles. The van der Waals surface area contributed by atoms with Crippen LogP contribution in [-0.4, -0.2) is 221 Å². The molecule has 5 saturated carbocycles. The Hall–Kier alpha value is -0.840. The number of ether oxygens (including phenoxy) is 8. The molecule has 29 atom stereocenters. The lowest BCUT2D eigenvalue weighted by molar-refractivity contribution is -0.370. The number of rotatable bonds is 10. The Bertz CT molecular complexity index is 1890. The fourth-order valence-corrected chi connectivity index (χ4v) is 17.3. The quantitative estimate of drug-likeness (QED) is 0.109. The van der Waals surface area contributed by atoms with Gasteiger partial charge in [-0.15, -0.1) is 0 Å². The highest BCUT2D eigenvalue weighted by Gasteiger charge is 2.76. The van der Waals surface area contributed by atoms with Crippen molar-refractivity contribution in [2.24, 2.45) is 56.7 Å². The van der Waals surface area contributed by atoms with Crippen molar-refractivity contribution in [2.45, 2.75) is 235 Å². The summed E-state index contributed by atoms with van der Waals surface area (Å²) in [6.07, 6.45) is -21.8. The molecule has 4 saturated heterocycles. The van der Waals surface area contributed by atoms with Crippen molar-refractivity contribution in [1.82, 2.24) is 0 Å². The molecule has 0 aromatic rings. The second-order valence-corrected chi connectivity index (χ2v) is 25.6. The molecule has 9 fully saturated rings. The Kier molecular flexibility index (Phi) is 15.4. The molecule has 5 aliphatic carbocycles. The number of hydrogen-bond acceptors (Lipinski definition) is 21. The summed E-state index contributed by atoms with van der Waals surface area (Å²) in [4.78, 5) is 0. The van der Waals surface area contributed by atoms with Crippen molar-refractivity contribution in [3.63, 3.8) is 0 Å². The third-order valence-corrected chi connectivity index (χ3v) is 21.2.